The molecule has 1 fully saturated rings. The van der Waals surface area contributed by atoms with E-state index in [1.165, 1.54) is 0 Å². The topological polar surface area (TPSA) is 67.2 Å². The fourth-order valence-electron chi connectivity index (χ4n) is 3.48. The highest BCUT2D eigenvalue weighted by Crippen LogP contribution is 2.29. The number of imidazole rings is 1. The molecular weight excluding hydrogens is 388 g/mol. The van der Waals surface area contributed by atoms with E-state index in [9.17, 15) is 9.59 Å². The molecule has 1 aliphatic rings. The monoisotopic (exact) mass is 408 g/mol. The Balaban J connectivity index is 1.51. The molecule has 148 valence electrons. The maximum absolute atomic E-state index is 12.9. The Morgan fingerprint density at radius 1 is 1.21 bits per heavy atom. The van der Waals surface area contributed by atoms with Crippen molar-refractivity contribution >= 4 is 34.8 Å². The van der Waals surface area contributed by atoms with E-state index in [0.29, 0.717) is 34.9 Å². The highest BCUT2D eigenvalue weighted by Gasteiger charge is 2.26. The number of anilines is 2. The molecule has 0 unspecified atom stereocenters. The highest BCUT2D eigenvalue weighted by molar-refractivity contribution is 6.31. The van der Waals surface area contributed by atoms with E-state index < -0.39 is 0 Å². The second-order valence-electron chi connectivity index (χ2n) is 7.06. The molecule has 0 saturated carbocycles. The fourth-order valence-corrected chi connectivity index (χ4v) is 3.65. The summed E-state index contributed by atoms with van der Waals surface area (Å²) in [4.78, 5) is 30.9. The first kappa shape index (κ1) is 19.2. The van der Waals surface area contributed by atoms with Gasteiger partial charge in [0, 0.05) is 42.6 Å². The molecule has 1 saturated heterocycles. The molecule has 1 N–H and O–H groups in total. The van der Waals surface area contributed by atoms with Crippen LogP contribution in [0.4, 0.5) is 11.4 Å². The normalized spacial score (nSPS) is 13.7. The Labute approximate surface area is 174 Å². The standard InChI is InChI=1S/C22H21ClN4O2/c1-15-24-10-12-26(15)14-16-4-7-18(8-5-16)25-22(29)19-9-6-17(23)13-20(19)27-11-2-3-21(27)28/h4-10,12-13H,2-3,11,14H2,1H3,(H,25,29). The third-order valence-corrected chi connectivity index (χ3v) is 5.29. The predicted octanol–water partition coefficient (Wildman–Crippen LogP) is 4.27. The number of hydrogen-bond donors (Lipinski definition) is 1. The van der Waals surface area contributed by atoms with Gasteiger partial charge < -0.3 is 14.8 Å². The zero-order valence-corrected chi connectivity index (χ0v) is 16.8. The van der Waals surface area contributed by atoms with Gasteiger partial charge in [-0.3, -0.25) is 9.59 Å². The fraction of sp³-hybridized carbons (Fsp3) is 0.227. The first-order valence-electron chi connectivity index (χ1n) is 9.49. The van der Waals surface area contributed by atoms with Gasteiger partial charge in [-0.2, -0.15) is 0 Å². The summed E-state index contributed by atoms with van der Waals surface area (Å²) in [5.74, 6) is 0.698. The van der Waals surface area contributed by atoms with Gasteiger partial charge in [-0.25, -0.2) is 4.98 Å². The largest absolute Gasteiger partial charge is 0.331 e. The maximum Gasteiger partial charge on any atom is 0.257 e. The van der Waals surface area contributed by atoms with Crippen molar-refractivity contribution in [2.24, 2.45) is 0 Å². The summed E-state index contributed by atoms with van der Waals surface area (Å²) >= 11 is 6.12. The first-order valence-corrected chi connectivity index (χ1v) is 9.87. The smallest absolute Gasteiger partial charge is 0.257 e. The molecule has 2 aromatic carbocycles. The molecule has 0 bridgehead atoms. The van der Waals surface area contributed by atoms with E-state index in [4.69, 9.17) is 11.6 Å². The maximum atomic E-state index is 12.9. The van der Waals surface area contributed by atoms with Crippen LogP contribution in [0.5, 0.6) is 0 Å². The molecule has 7 heteroatoms. The van der Waals surface area contributed by atoms with Crippen LogP contribution < -0.4 is 10.2 Å². The summed E-state index contributed by atoms with van der Waals surface area (Å²) in [6.07, 6.45) is 4.99. The van der Waals surface area contributed by atoms with Crippen LogP contribution in [0.2, 0.25) is 5.02 Å². The Hall–Kier alpha value is -3.12. The minimum absolute atomic E-state index is 0.0143. The molecular formula is C22H21ClN4O2. The third kappa shape index (κ3) is 4.17. The molecule has 2 heterocycles. The summed E-state index contributed by atoms with van der Waals surface area (Å²) in [5.41, 5.74) is 2.79. The number of halogens is 1. The van der Waals surface area contributed by atoms with Crippen LogP contribution in [-0.2, 0) is 11.3 Å². The van der Waals surface area contributed by atoms with Gasteiger partial charge in [0.05, 0.1) is 11.3 Å². The van der Waals surface area contributed by atoms with Crippen molar-refractivity contribution in [1.82, 2.24) is 9.55 Å². The van der Waals surface area contributed by atoms with Crippen LogP contribution in [0, 0.1) is 6.92 Å². The SMILES string of the molecule is Cc1nccn1Cc1ccc(NC(=O)c2ccc(Cl)cc2N2CCCC2=O)cc1. The number of hydrogen-bond acceptors (Lipinski definition) is 3. The summed E-state index contributed by atoms with van der Waals surface area (Å²) in [6, 6.07) is 12.7. The summed E-state index contributed by atoms with van der Waals surface area (Å²) in [5, 5.41) is 3.41. The summed E-state index contributed by atoms with van der Waals surface area (Å²) < 4.78 is 2.06. The quantitative estimate of drug-likeness (QED) is 0.685. The van der Waals surface area contributed by atoms with Gasteiger partial charge in [0.25, 0.3) is 5.91 Å². The van der Waals surface area contributed by atoms with Crippen molar-refractivity contribution in [3.63, 3.8) is 0 Å². The van der Waals surface area contributed by atoms with E-state index in [0.717, 1.165) is 24.4 Å². The van der Waals surface area contributed by atoms with Crippen molar-refractivity contribution in [3.8, 4) is 0 Å². The molecule has 0 radical (unpaired) electrons. The number of rotatable bonds is 5. The molecule has 2 amide bonds. The molecule has 1 aliphatic heterocycles. The molecule has 29 heavy (non-hydrogen) atoms. The van der Waals surface area contributed by atoms with Crippen LogP contribution >= 0.6 is 11.6 Å². The average molecular weight is 409 g/mol. The van der Waals surface area contributed by atoms with Gasteiger partial charge in [-0.15, -0.1) is 0 Å². The number of aryl methyl sites for hydroxylation is 1. The highest BCUT2D eigenvalue weighted by atomic mass is 35.5. The number of nitrogens with zero attached hydrogens (tertiary/aromatic N) is 3. The van der Waals surface area contributed by atoms with Crippen molar-refractivity contribution in [1.29, 1.82) is 0 Å². The van der Waals surface area contributed by atoms with Gasteiger partial charge in [-0.1, -0.05) is 23.7 Å². The lowest BCUT2D eigenvalue weighted by molar-refractivity contribution is -0.117. The number of carbonyl (C=O) groups is 2. The molecule has 6 nitrogen and oxygen atoms in total. The Morgan fingerprint density at radius 2 is 2.00 bits per heavy atom. The Kier molecular flexibility index (Phi) is 5.36. The minimum atomic E-state index is -0.269. The number of benzene rings is 2. The lowest BCUT2D eigenvalue weighted by Crippen LogP contribution is -2.27. The van der Waals surface area contributed by atoms with Gasteiger partial charge in [0.15, 0.2) is 0 Å². The second kappa shape index (κ2) is 8.09. The molecule has 0 spiro atoms. The lowest BCUT2D eigenvalue weighted by Gasteiger charge is -2.20. The summed E-state index contributed by atoms with van der Waals surface area (Å²) in [6.45, 7) is 3.28. The molecule has 4 rings (SSSR count). The van der Waals surface area contributed by atoms with Gasteiger partial charge in [0.1, 0.15) is 5.82 Å². The number of nitrogens with one attached hydrogen (secondary N) is 1. The second-order valence-corrected chi connectivity index (χ2v) is 7.50. The van der Waals surface area contributed by atoms with Gasteiger partial charge >= 0.3 is 0 Å². The summed E-state index contributed by atoms with van der Waals surface area (Å²) in [7, 11) is 0. The van der Waals surface area contributed by atoms with Crippen LogP contribution in [0.1, 0.15) is 34.6 Å². The van der Waals surface area contributed by atoms with Gasteiger partial charge in [0.2, 0.25) is 5.91 Å². The molecule has 3 aromatic rings. The Bertz CT molecular complexity index is 1060. The van der Waals surface area contributed by atoms with Crippen molar-refractivity contribution in [2.75, 3.05) is 16.8 Å². The minimum Gasteiger partial charge on any atom is -0.331 e. The van der Waals surface area contributed by atoms with Crippen molar-refractivity contribution < 1.29 is 9.59 Å². The van der Waals surface area contributed by atoms with E-state index in [1.807, 2.05) is 37.4 Å². The van der Waals surface area contributed by atoms with E-state index in [1.54, 1.807) is 29.3 Å². The zero-order valence-electron chi connectivity index (χ0n) is 16.1. The molecule has 0 atom stereocenters. The van der Waals surface area contributed by atoms with Crippen LogP contribution in [0.3, 0.4) is 0 Å². The predicted molar refractivity (Wildman–Crippen MR) is 114 cm³/mol. The van der Waals surface area contributed by atoms with Crippen molar-refractivity contribution in [2.45, 2.75) is 26.3 Å². The Morgan fingerprint density at radius 3 is 2.66 bits per heavy atom. The van der Waals surface area contributed by atoms with E-state index >= 15 is 0 Å². The lowest BCUT2D eigenvalue weighted by atomic mass is 10.1. The number of amides is 2. The number of aromatic nitrogens is 2. The number of carbonyl (C=O) groups excluding carboxylic acids is 2. The van der Waals surface area contributed by atoms with Crippen LogP contribution in [0.15, 0.2) is 54.9 Å². The van der Waals surface area contributed by atoms with Gasteiger partial charge in [-0.05, 0) is 49.2 Å². The third-order valence-electron chi connectivity index (χ3n) is 5.06. The van der Waals surface area contributed by atoms with E-state index in [-0.39, 0.29) is 11.8 Å². The van der Waals surface area contributed by atoms with Crippen LogP contribution in [-0.4, -0.2) is 27.9 Å². The molecule has 0 aliphatic carbocycles. The van der Waals surface area contributed by atoms with E-state index in [2.05, 4.69) is 14.9 Å². The molecule has 1 aromatic heterocycles. The zero-order chi connectivity index (χ0) is 20.4. The first-order chi connectivity index (χ1) is 14.0. The van der Waals surface area contributed by atoms with Crippen molar-refractivity contribution in [3.05, 3.63) is 76.8 Å². The van der Waals surface area contributed by atoms with Crippen LogP contribution in [0.25, 0.3) is 0 Å². The average Bonchev–Trinajstić information content (AvgIpc) is 3.31.